The third-order valence-electron chi connectivity index (χ3n) is 8.80. The number of quaternary nitrogens is 1. The van der Waals surface area contributed by atoms with E-state index in [0.717, 1.165) is 25.7 Å². The highest BCUT2D eigenvalue weighted by Crippen LogP contribution is 2.32. The van der Waals surface area contributed by atoms with Crippen molar-refractivity contribution in [2.24, 2.45) is 0 Å². The van der Waals surface area contributed by atoms with Crippen molar-refractivity contribution in [3.8, 4) is 0 Å². The summed E-state index contributed by atoms with van der Waals surface area (Å²) in [5.41, 5.74) is 0. The van der Waals surface area contributed by atoms with Gasteiger partial charge in [0.05, 0.1) is 12.5 Å². The number of aliphatic carboxylic acids is 3. The van der Waals surface area contributed by atoms with Crippen LogP contribution in [-0.2, 0) is 14.4 Å². The Bertz CT molecular complexity index is 667. The van der Waals surface area contributed by atoms with Crippen molar-refractivity contribution in [2.45, 2.75) is 181 Å². The zero-order chi connectivity index (χ0) is 30.9. The third kappa shape index (κ3) is 15.2. The van der Waals surface area contributed by atoms with Crippen molar-refractivity contribution < 1.29 is 34.2 Å². The van der Waals surface area contributed by atoms with Gasteiger partial charge in [-0.2, -0.15) is 0 Å². The van der Waals surface area contributed by atoms with Gasteiger partial charge in [-0.25, -0.2) is 9.59 Å². The van der Waals surface area contributed by atoms with Gasteiger partial charge in [-0.15, -0.1) is 0 Å². The van der Waals surface area contributed by atoms with Gasteiger partial charge in [0.2, 0.25) is 0 Å². The topological polar surface area (TPSA) is 115 Å². The van der Waals surface area contributed by atoms with Crippen molar-refractivity contribution in [1.29, 1.82) is 0 Å². The zero-order valence-electron chi connectivity index (χ0n) is 26.9. The highest BCUT2D eigenvalue weighted by atomic mass is 16.4. The van der Waals surface area contributed by atoms with Crippen LogP contribution in [0.4, 0.5) is 0 Å². The van der Waals surface area contributed by atoms with E-state index in [4.69, 9.17) is 0 Å². The van der Waals surface area contributed by atoms with E-state index in [1.165, 1.54) is 83.5 Å². The van der Waals surface area contributed by atoms with Crippen LogP contribution < -0.4 is 5.11 Å². The van der Waals surface area contributed by atoms with Gasteiger partial charge < -0.3 is 20.1 Å². The number of carbonyl (C=O) groups excluding carboxylic acids is 1. The van der Waals surface area contributed by atoms with Crippen LogP contribution in [0.3, 0.4) is 0 Å². The number of carboxylic acids is 3. The van der Waals surface area contributed by atoms with E-state index in [9.17, 15) is 29.7 Å². The standard InChI is InChI=1S/C34H63NO6/c1-5-9-10-11-12-13-14-15-16-17-18-19-20-21-22-23-24-25-26-27-28-35(29(6-2)32(36)37,30(7-3)33(38)39)31(8-4)34(40)41/h15-16,29-31H,5-14,17-28H2,1-4H3,(H2-,36,37,38,39,40,41)/b16-15+. The van der Waals surface area contributed by atoms with Crippen LogP contribution in [0.1, 0.15) is 163 Å². The average Bonchev–Trinajstić information content (AvgIpc) is 2.92. The van der Waals surface area contributed by atoms with Crippen LogP contribution in [0.25, 0.3) is 0 Å². The van der Waals surface area contributed by atoms with Gasteiger partial charge in [0.25, 0.3) is 0 Å². The maximum atomic E-state index is 12.2. The van der Waals surface area contributed by atoms with Gasteiger partial charge in [0.1, 0.15) is 6.04 Å². The lowest BCUT2D eigenvalue weighted by atomic mass is 9.93. The minimum absolute atomic E-state index is 0.130. The molecule has 0 aliphatic rings. The van der Waals surface area contributed by atoms with Crippen LogP contribution in [0.2, 0.25) is 0 Å². The molecule has 0 aliphatic carbocycles. The second-order valence-corrected chi connectivity index (χ2v) is 11.8. The highest BCUT2D eigenvalue weighted by molar-refractivity contribution is 5.77. The molecule has 0 aliphatic heterocycles. The summed E-state index contributed by atoms with van der Waals surface area (Å²) in [5, 5.41) is 32.2. The number of allylic oxidation sites excluding steroid dienone is 2. The summed E-state index contributed by atoms with van der Waals surface area (Å²) >= 11 is 0. The van der Waals surface area contributed by atoms with Crippen molar-refractivity contribution in [1.82, 2.24) is 0 Å². The summed E-state index contributed by atoms with van der Waals surface area (Å²) in [6, 6.07) is -3.38. The molecule has 0 saturated heterocycles. The molecule has 7 heteroatoms. The molecule has 0 radical (unpaired) electrons. The summed E-state index contributed by atoms with van der Waals surface area (Å²) in [7, 11) is 0. The number of carbonyl (C=O) groups is 3. The van der Waals surface area contributed by atoms with Crippen LogP contribution in [0.15, 0.2) is 12.2 Å². The van der Waals surface area contributed by atoms with E-state index >= 15 is 0 Å². The smallest absolute Gasteiger partial charge is 0.362 e. The molecule has 3 atom stereocenters. The van der Waals surface area contributed by atoms with Crippen LogP contribution in [-0.4, -0.2) is 57.3 Å². The first-order valence-corrected chi connectivity index (χ1v) is 16.9. The molecular formula is C34H63NO6. The monoisotopic (exact) mass is 581 g/mol. The summed E-state index contributed by atoms with van der Waals surface area (Å²) in [5.74, 6) is -3.65. The Hall–Kier alpha value is -1.89. The normalized spacial score (nSPS) is 15.4. The lowest BCUT2D eigenvalue weighted by molar-refractivity contribution is -0.974. The molecule has 41 heavy (non-hydrogen) atoms. The Morgan fingerprint density at radius 1 is 0.561 bits per heavy atom. The molecule has 0 aromatic carbocycles. The van der Waals surface area contributed by atoms with Gasteiger partial charge in [0.15, 0.2) is 12.1 Å². The number of hydrogen-bond donors (Lipinski definition) is 2. The second-order valence-electron chi connectivity index (χ2n) is 11.8. The molecule has 0 amide bonds. The first kappa shape index (κ1) is 39.1. The summed E-state index contributed by atoms with van der Waals surface area (Å²) in [6.07, 6.45) is 26.7. The molecule has 0 fully saturated rings. The lowest BCUT2D eigenvalue weighted by Crippen LogP contribution is -2.73. The maximum absolute atomic E-state index is 12.2. The minimum atomic E-state index is -1.36. The lowest BCUT2D eigenvalue weighted by Gasteiger charge is -2.51. The van der Waals surface area contributed by atoms with Crippen LogP contribution in [0.5, 0.6) is 0 Å². The molecule has 2 N–H and O–H groups in total. The largest absolute Gasteiger partial charge is 0.544 e. The first-order chi connectivity index (χ1) is 19.7. The van der Waals surface area contributed by atoms with Crippen LogP contribution in [0, 0.1) is 0 Å². The van der Waals surface area contributed by atoms with E-state index in [1.54, 1.807) is 20.8 Å². The summed E-state index contributed by atoms with van der Waals surface area (Å²) in [6.45, 7) is 7.53. The molecule has 240 valence electrons. The average molecular weight is 582 g/mol. The van der Waals surface area contributed by atoms with Crippen LogP contribution >= 0.6 is 0 Å². The second kappa shape index (κ2) is 24.7. The van der Waals surface area contributed by atoms with Crippen molar-refractivity contribution in [3.63, 3.8) is 0 Å². The fourth-order valence-electron chi connectivity index (χ4n) is 6.60. The van der Waals surface area contributed by atoms with Crippen molar-refractivity contribution in [3.05, 3.63) is 12.2 Å². The fourth-order valence-corrected chi connectivity index (χ4v) is 6.60. The van der Waals surface area contributed by atoms with Gasteiger partial charge >= 0.3 is 11.9 Å². The van der Waals surface area contributed by atoms with E-state index < -0.39 is 40.5 Å². The predicted molar refractivity (Wildman–Crippen MR) is 166 cm³/mol. The molecule has 0 rings (SSSR count). The quantitative estimate of drug-likeness (QED) is 0.0532. The minimum Gasteiger partial charge on any atom is -0.544 e. The molecular weight excluding hydrogens is 518 g/mol. The Labute approximate surface area is 251 Å². The van der Waals surface area contributed by atoms with E-state index in [2.05, 4.69) is 19.1 Å². The van der Waals surface area contributed by atoms with E-state index in [0.29, 0.717) is 6.42 Å². The SMILES string of the molecule is CCCCCCCC/C=C/CCCCCCCCCCCC[N+](C(CC)C(=O)[O-])(C(CC)C(=O)O)C(CC)C(=O)O. The summed E-state index contributed by atoms with van der Waals surface area (Å²) < 4.78 is -0.468. The number of hydrogen-bond acceptors (Lipinski definition) is 4. The van der Waals surface area contributed by atoms with Crippen molar-refractivity contribution >= 4 is 17.9 Å². The van der Waals surface area contributed by atoms with Gasteiger partial charge in [0, 0.05) is 19.3 Å². The number of nitrogens with zero attached hydrogens (tertiary/aromatic N) is 1. The third-order valence-corrected chi connectivity index (χ3v) is 8.80. The Morgan fingerprint density at radius 3 is 1.22 bits per heavy atom. The molecule has 0 aromatic rings. The van der Waals surface area contributed by atoms with Gasteiger partial charge in [-0.05, 0) is 38.5 Å². The number of unbranched alkanes of at least 4 members (excludes halogenated alkanes) is 16. The van der Waals surface area contributed by atoms with Gasteiger partial charge in [-0.3, -0.25) is 4.48 Å². The van der Waals surface area contributed by atoms with E-state index in [1.807, 2.05) is 0 Å². The maximum Gasteiger partial charge on any atom is 0.362 e. The van der Waals surface area contributed by atoms with E-state index in [-0.39, 0.29) is 25.8 Å². The molecule has 0 heterocycles. The molecule has 7 nitrogen and oxygen atoms in total. The Kier molecular flexibility index (Phi) is 23.5. The molecule has 0 bridgehead atoms. The molecule has 0 saturated carbocycles. The number of carboxylic acid groups (broad SMARTS) is 3. The number of rotatable bonds is 29. The Balaban J connectivity index is 4.44. The summed E-state index contributed by atoms with van der Waals surface area (Å²) in [4.78, 5) is 36.7. The zero-order valence-corrected chi connectivity index (χ0v) is 26.9. The predicted octanol–water partition coefficient (Wildman–Crippen LogP) is 7.66. The molecule has 3 unspecified atom stereocenters. The molecule has 0 spiro atoms. The Morgan fingerprint density at radius 2 is 0.902 bits per heavy atom. The van der Waals surface area contributed by atoms with Gasteiger partial charge in [-0.1, -0.05) is 117 Å². The molecule has 0 aromatic heterocycles. The fraction of sp³-hybridized carbons (Fsp3) is 0.853. The first-order valence-electron chi connectivity index (χ1n) is 16.9. The van der Waals surface area contributed by atoms with Crippen molar-refractivity contribution in [2.75, 3.05) is 6.54 Å². The highest BCUT2D eigenvalue weighted by Gasteiger charge is 2.53.